The van der Waals surface area contributed by atoms with Crippen molar-refractivity contribution < 1.29 is 23.8 Å². The van der Waals surface area contributed by atoms with E-state index in [1.165, 1.54) is 13.1 Å². The first-order chi connectivity index (χ1) is 15.8. The Hall–Kier alpha value is -3.92. The fourth-order valence-electron chi connectivity index (χ4n) is 4.59. The number of hydrogen-bond donors (Lipinski definition) is 3. The molecule has 0 aliphatic carbocycles. The van der Waals surface area contributed by atoms with Crippen molar-refractivity contribution in [2.24, 2.45) is 5.73 Å². The number of hydrogen-bond acceptors (Lipinski definition) is 6. The maximum Gasteiger partial charge on any atom is 0.341 e. The minimum Gasteiger partial charge on any atom is -0.477 e. The molecule has 1 aromatic heterocycles. The minimum absolute atomic E-state index is 0.0858. The first-order valence-electron chi connectivity index (χ1n) is 10.5. The summed E-state index contributed by atoms with van der Waals surface area (Å²) in [7, 11) is 0. The maximum atomic E-state index is 15.5. The van der Waals surface area contributed by atoms with Crippen LogP contribution in [0.5, 0.6) is 11.5 Å². The first-order valence-corrected chi connectivity index (χ1v) is 10.5. The second-order valence-corrected chi connectivity index (χ2v) is 8.22. The molecule has 2 aliphatic heterocycles. The molecule has 3 heterocycles. The van der Waals surface area contributed by atoms with Crippen molar-refractivity contribution in [2.75, 3.05) is 18.0 Å². The molecule has 1 atom stereocenters. The number of rotatable bonds is 4. The van der Waals surface area contributed by atoms with Gasteiger partial charge >= 0.3 is 5.97 Å². The highest BCUT2D eigenvalue weighted by molar-refractivity contribution is 5.99. The van der Waals surface area contributed by atoms with Gasteiger partial charge in [-0.05, 0) is 30.2 Å². The molecule has 5 rings (SSSR count). The van der Waals surface area contributed by atoms with E-state index in [4.69, 9.17) is 10.5 Å². The first kappa shape index (κ1) is 21.0. The van der Waals surface area contributed by atoms with Gasteiger partial charge in [-0.2, -0.15) is 0 Å². The largest absolute Gasteiger partial charge is 0.477 e. The number of pyridine rings is 1. The van der Waals surface area contributed by atoms with Gasteiger partial charge in [-0.25, -0.2) is 9.18 Å². The van der Waals surface area contributed by atoms with Crippen molar-refractivity contribution in [1.29, 1.82) is 0 Å². The lowest BCUT2D eigenvalue weighted by atomic mass is 10.1. The quantitative estimate of drug-likeness (QED) is 0.433. The molecule has 0 bridgehead atoms. The third-order valence-electron chi connectivity index (χ3n) is 6.04. The smallest absolute Gasteiger partial charge is 0.341 e. The van der Waals surface area contributed by atoms with Crippen LogP contribution in [0.2, 0.25) is 0 Å². The summed E-state index contributed by atoms with van der Waals surface area (Å²) < 4.78 is 23.2. The third-order valence-corrected chi connectivity index (χ3v) is 6.04. The van der Waals surface area contributed by atoms with E-state index in [0.29, 0.717) is 30.9 Å². The van der Waals surface area contributed by atoms with Crippen molar-refractivity contribution in [1.82, 2.24) is 9.88 Å². The Bertz CT molecular complexity index is 1400. The number of nitrogens with two attached hydrogens (primary N) is 1. The standard InChI is InChI=1S/C23H21FN4O5/c1-11(29)26-13-4-5-27(9-13)20-16(24)7-14-19-22(20)33-18-6-12(8-25)2-3-17(18)28(19)10-15(21(14)30)23(31)32/h2-3,6-7,10,13H,4-5,8-9,25H2,1H3,(H,26,29)(H,31,32). The SMILES string of the molecule is CC(=O)NC1CCN(c2c(F)cc3c(=O)c(C(=O)O)cn4c3c2Oc2cc(CN)ccc2-4)C1. The van der Waals surface area contributed by atoms with Crippen molar-refractivity contribution in [3.05, 3.63) is 57.6 Å². The molecule has 3 aromatic rings. The number of fused-ring (bicyclic) bond motifs is 2. The Morgan fingerprint density at radius 1 is 1.33 bits per heavy atom. The van der Waals surface area contributed by atoms with Crippen LogP contribution in [-0.2, 0) is 11.3 Å². The van der Waals surface area contributed by atoms with Crippen LogP contribution in [0.15, 0.2) is 35.3 Å². The molecule has 2 aromatic carbocycles. The number of carbonyl (C=O) groups excluding carboxylic acids is 1. The van der Waals surface area contributed by atoms with Crippen molar-refractivity contribution in [3.63, 3.8) is 0 Å². The summed E-state index contributed by atoms with van der Waals surface area (Å²) in [4.78, 5) is 37.9. The van der Waals surface area contributed by atoms with Crippen LogP contribution in [0.25, 0.3) is 16.6 Å². The number of ether oxygens (including phenoxy) is 1. The van der Waals surface area contributed by atoms with Gasteiger partial charge in [0.15, 0.2) is 17.3 Å². The number of nitrogens with one attached hydrogen (secondary N) is 1. The average Bonchev–Trinajstić information content (AvgIpc) is 3.21. The van der Waals surface area contributed by atoms with Gasteiger partial charge in [-0.15, -0.1) is 0 Å². The summed E-state index contributed by atoms with van der Waals surface area (Å²) in [5, 5.41) is 12.3. The van der Waals surface area contributed by atoms with Crippen LogP contribution in [0.1, 0.15) is 29.3 Å². The van der Waals surface area contributed by atoms with E-state index < -0.39 is 22.8 Å². The predicted octanol–water partition coefficient (Wildman–Crippen LogP) is 2.11. The van der Waals surface area contributed by atoms with E-state index in [0.717, 1.165) is 11.6 Å². The van der Waals surface area contributed by atoms with Gasteiger partial charge in [0.2, 0.25) is 11.3 Å². The molecule has 1 fully saturated rings. The lowest BCUT2D eigenvalue weighted by Gasteiger charge is -2.29. The summed E-state index contributed by atoms with van der Waals surface area (Å²) in [5.74, 6) is -1.77. The zero-order valence-corrected chi connectivity index (χ0v) is 17.7. The van der Waals surface area contributed by atoms with Crippen molar-refractivity contribution >= 4 is 28.5 Å². The minimum atomic E-state index is -1.40. The van der Waals surface area contributed by atoms with Crippen LogP contribution in [0, 0.1) is 5.82 Å². The molecule has 1 amide bonds. The van der Waals surface area contributed by atoms with Crippen molar-refractivity contribution in [2.45, 2.75) is 25.9 Å². The van der Waals surface area contributed by atoms with Gasteiger partial charge in [-0.1, -0.05) is 6.07 Å². The van der Waals surface area contributed by atoms with Gasteiger partial charge in [0.25, 0.3) is 0 Å². The molecule has 9 nitrogen and oxygen atoms in total. The van der Waals surface area contributed by atoms with E-state index in [2.05, 4.69) is 5.32 Å². The van der Waals surface area contributed by atoms with Gasteiger partial charge in [0.05, 0.1) is 11.1 Å². The summed E-state index contributed by atoms with van der Waals surface area (Å²) in [5.41, 5.74) is 6.25. The zero-order chi connectivity index (χ0) is 23.4. The van der Waals surface area contributed by atoms with Gasteiger partial charge in [-0.3, -0.25) is 9.59 Å². The highest BCUT2D eigenvalue weighted by atomic mass is 19.1. The molecule has 33 heavy (non-hydrogen) atoms. The van der Waals surface area contributed by atoms with Crippen LogP contribution < -0.4 is 26.1 Å². The number of benzene rings is 2. The Labute approximate surface area is 187 Å². The number of carboxylic acid groups (broad SMARTS) is 1. The Morgan fingerprint density at radius 2 is 2.12 bits per heavy atom. The Kier molecular flexibility index (Phi) is 4.82. The van der Waals surface area contributed by atoms with Crippen molar-refractivity contribution in [3.8, 4) is 17.2 Å². The number of nitrogens with zero attached hydrogens (tertiary/aromatic N) is 2. The lowest BCUT2D eigenvalue weighted by Crippen LogP contribution is -2.35. The molecule has 0 radical (unpaired) electrons. The number of halogens is 1. The fourth-order valence-corrected chi connectivity index (χ4v) is 4.59. The summed E-state index contributed by atoms with van der Waals surface area (Å²) in [6.45, 7) is 2.52. The van der Waals surface area contributed by atoms with Crippen LogP contribution >= 0.6 is 0 Å². The maximum absolute atomic E-state index is 15.5. The molecule has 170 valence electrons. The van der Waals surface area contributed by atoms with Crippen LogP contribution in [-0.4, -0.2) is 40.7 Å². The van der Waals surface area contributed by atoms with E-state index in [1.54, 1.807) is 27.7 Å². The Balaban J connectivity index is 1.78. The molecule has 1 unspecified atom stereocenters. The highest BCUT2D eigenvalue weighted by Crippen LogP contribution is 2.47. The number of carbonyl (C=O) groups is 2. The van der Waals surface area contributed by atoms with E-state index in [9.17, 15) is 19.5 Å². The van der Waals surface area contributed by atoms with Gasteiger partial charge in [0, 0.05) is 38.8 Å². The van der Waals surface area contributed by atoms with Crippen LogP contribution in [0.4, 0.5) is 10.1 Å². The van der Waals surface area contributed by atoms with E-state index in [-0.39, 0.29) is 40.8 Å². The molecular weight excluding hydrogens is 431 g/mol. The van der Waals surface area contributed by atoms with Crippen LogP contribution in [0.3, 0.4) is 0 Å². The molecule has 0 saturated carbocycles. The average molecular weight is 452 g/mol. The fraction of sp³-hybridized carbons (Fsp3) is 0.261. The zero-order valence-electron chi connectivity index (χ0n) is 17.7. The van der Waals surface area contributed by atoms with E-state index >= 15 is 4.39 Å². The number of anilines is 1. The molecular formula is C23H21FN4O5. The Morgan fingerprint density at radius 3 is 2.82 bits per heavy atom. The molecule has 10 heteroatoms. The number of amides is 1. The molecule has 0 spiro atoms. The summed E-state index contributed by atoms with van der Waals surface area (Å²) in [6.07, 6.45) is 1.86. The normalized spacial score (nSPS) is 16.5. The number of aromatic carboxylic acids is 1. The topological polar surface area (TPSA) is 127 Å². The highest BCUT2D eigenvalue weighted by Gasteiger charge is 2.33. The van der Waals surface area contributed by atoms with Gasteiger partial charge < -0.3 is 30.4 Å². The summed E-state index contributed by atoms with van der Waals surface area (Å²) >= 11 is 0. The molecule has 1 saturated heterocycles. The lowest BCUT2D eigenvalue weighted by molar-refractivity contribution is -0.119. The molecule has 4 N–H and O–H groups in total. The van der Waals surface area contributed by atoms with Gasteiger partial charge in [0.1, 0.15) is 16.8 Å². The summed E-state index contributed by atoms with van der Waals surface area (Å²) in [6, 6.07) is 6.12. The predicted molar refractivity (Wildman–Crippen MR) is 119 cm³/mol. The molecule has 2 aliphatic rings. The number of aromatic nitrogens is 1. The second-order valence-electron chi connectivity index (χ2n) is 8.22. The van der Waals surface area contributed by atoms with E-state index in [1.807, 2.05) is 0 Å². The monoisotopic (exact) mass is 452 g/mol. The third kappa shape index (κ3) is 3.30. The number of carboxylic acids is 1. The second kappa shape index (κ2) is 7.59.